The molecule has 0 N–H and O–H groups in total. The van der Waals surface area contributed by atoms with E-state index in [-0.39, 0.29) is 31.1 Å². The second-order valence-corrected chi connectivity index (χ2v) is 23.1. The number of allylic oxidation sites excluding steroid dienone is 14. The Balaban J connectivity index is 4.02. The van der Waals surface area contributed by atoms with E-state index in [4.69, 9.17) is 14.2 Å². The predicted octanol–water partition coefficient (Wildman–Crippen LogP) is 23.8. The van der Waals surface area contributed by atoms with Crippen LogP contribution >= 0.6 is 0 Å². The molecule has 0 saturated carbocycles. The van der Waals surface area contributed by atoms with E-state index >= 15 is 0 Å². The average molecular weight is 1120 g/mol. The van der Waals surface area contributed by atoms with Gasteiger partial charge in [-0.1, -0.05) is 318 Å². The molecule has 1 unspecified atom stereocenters. The number of hydrogen-bond donors (Lipinski definition) is 0. The van der Waals surface area contributed by atoms with Crippen molar-refractivity contribution in [3.8, 4) is 0 Å². The third-order valence-electron chi connectivity index (χ3n) is 15.1. The summed E-state index contributed by atoms with van der Waals surface area (Å²) in [7, 11) is 0. The fourth-order valence-electron chi connectivity index (χ4n) is 9.97. The molecule has 0 saturated heterocycles. The van der Waals surface area contributed by atoms with Crippen molar-refractivity contribution in [2.45, 2.75) is 354 Å². The standard InChI is InChI=1S/C74H130O6/c1-4-7-10-13-16-18-20-22-24-26-28-30-32-34-35-36-37-38-39-41-42-44-46-48-50-52-54-56-58-61-64-67-73(76)79-70-71(69-78-72(75)66-63-60-15-12-9-6-3)80-74(77)68-65-62-59-57-55-53-51-49-47-45-43-40-33-31-29-27-25-23-21-19-17-14-11-8-5-2/h7,10,16,18,21-24,27-30,33,40,71H,4-6,8-9,11-15,17,19-20,25-26,31-32,34-39,41-70H2,1-3H3/b10-7-,18-16-,23-21-,24-22-,29-27-,30-28-,40-33-. The van der Waals surface area contributed by atoms with Gasteiger partial charge in [-0.25, -0.2) is 0 Å². The molecule has 6 nitrogen and oxygen atoms in total. The summed E-state index contributed by atoms with van der Waals surface area (Å²) in [5.41, 5.74) is 0. The summed E-state index contributed by atoms with van der Waals surface area (Å²) in [6, 6.07) is 0. The monoisotopic (exact) mass is 1110 g/mol. The SMILES string of the molecule is CC/C=C\C/C=C\C/C=C\C/C=C\CCCCCCCCCCCCCCCCCCCCC(=O)OCC(COC(=O)CCCCCCCC)OC(=O)CCCCCCCCCCCC/C=C\C/C=C\C/C=C\CCCCCCC. The molecule has 0 amide bonds. The van der Waals surface area contributed by atoms with Gasteiger partial charge in [0.2, 0.25) is 0 Å². The molecule has 0 aliphatic rings. The number of carbonyl (C=O) groups excluding carboxylic acids is 3. The zero-order chi connectivity index (χ0) is 57.8. The van der Waals surface area contributed by atoms with Crippen molar-refractivity contribution >= 4 is 17.9 Å². The van der Waals surface area contributed by atoms with E-state index in [1.165, 1.54) is 212 Å². The van der Waals surface area contributed by atoms with Crippen LogP contribution in [0.3, 0.4) is 0 Å². The minimum absolute atomic E-state index is 0.0740. The van der Waals surface area contributed by atoms with Gasteiger partial charge in [0.05, 0.1) is 0 Å². The maximum absolute atomic E-state index is 12.9. The third-order valence-corrected chi connectivity index (χ3v) is 15.1. The Hall–Kier alpha value is -3.41. The normalized spacial score (nSPS) is 12.6. The van der Waals surface area contributed by atoms with E-state index in [9.17, 15) is 14.4 Å². The molecule has 0 aliphatic heterocycles. The van der Waals surface area contributed by atoms with Crippen LogP contribution in [0.2, 0.25) is 0 Å². The molecule has 462 valence electrons. The van der Waals surface area contributed by atoms with Crippen molar-refractivity contribution < 1.29 is 28.6 Å². The van der Waals surface area contributed by atoms with Gasteiger partial charge in [0.25, 0.3) is 0 Å². The molecule has 0 aliphatic carbocycles. The summed E-state index contributed by atoms with van der Waals surface area (Å²) in [4.78, 5) is 38.1. The fraction of sp³-hybridized carbons (Fsp3) is 0.770. The van der Waals surface area contributed by atoms with Crippen LogP contribution in [0, 0.1) is 0 Å². The lowest BCUT2D eigenvalue weighted by atomic mass is 10.0. The van der Waals surface area contributed by atoms with Crippen LogP contribution < -0.4 is 0 Å². The zero-order valence-electron chi connectivity index (χ0n) is 53.1. The van der Waals surface area contributed by atoms with E-state index in [1.807, 2.05) is 0 Å². The van der Waals surface area contributed by atoms with Crippen LogP contribution in [0.15, 0.2) is 85.1 Å². The highest BCUT2D eigenvalue weighted by atomic mass is 16.6. The first kappa shape index (κ1) is 76.6. The van der Waals surface area contributed by atoms with Gasteiger partial charge in [0, 0.05) is 19.3 Å². The number of unbranched alkanes of at least 4 members (excludes halogenated alkanes) is 38. The van der Waals surface area contributed by atoms with Crippen molar-refractivity contribution in [2.75, 3.05) is 13.2 Å². The molecular weight excluding hydrogens is 985 g/mol. The maximum atomic E-state index is 12.9. The molecule has 80 heavy (non-hydrogen) atoms. The van der Waals surface area contributed by atoms with E-state index in [0.717, 1.165) is 96.3 Å². The van der Waals surface area contributed by atoms with Crippen molar-refractivity contribution in [3.63, 3.8) is 0 Å². The Morgan fingerprint density at radius 2 is 0.487 bits per heavy atom. The molecule has 0 heterocycles. The third kappa shape index (κ3) is 65.4. The largest absolute Gasteiger partial charge is 0.462 e. The Bertz CT molecular complexity index is 1520. The average Bonchev–Trinajstić information content (AvgIpc) is 3.46. The van der Waals surface area contributed by atoms with Crippen molar-refractivity contribution in [2.24, 2.45) is 0 Å². The highest BCUT2D eigenvalue weighted by Crippen LogP contribution is 2.17. The number of ether oxygens (including phenoxy) is 3. The Morgan fingerprint density at radius 3 is 0.762 bits per heavy atom. The summed E-state index contributed by atoms with van der Waals surface area (Å²) in [6.07, 6.45) is 90.8. The molecule has 0 spiro atoms. The molecule has 6 heteroatoms. The van der Waals surface area contributed by atoms with Crippen LogP contribution in [0.5, 0.6) is 0 Å². The number of esters is 3. The van der Waals surface area contributed by atoms with Gasteiger partial charge in [-0.15, -0.1) is 0 Å². The van der Waals surface area contributed by atoms with E-state index in [1.54, 1.807) is 0 Å². The summed E-state index contributed by atoms with van der Waals surface area (Å²) in [5, 5.41) is 0. The number of carbonyl (C=O) groups is 3. The first-order valence-corrected chi connectivity index (χ1v) is 34.6. The van der Waals surface area contributed by atoms with Crippen molar-refractivity contribution in [3.05, 3.63) is 85.1 Å². The van der Waals surface area contributed by atoms with Crippen LogP contribution in [0.25, 0.3) is 0 Å². The van der Waals surface area contributed by atoms with Gasteiger partial charge in [0.1, 0.15) is 13.2 Å². The summed E-state index contributed by atoms with van der Waals surface area (Å²) >= 11 is 0. The second-order valence-electron chi connectivity index (χ2n) is 23.1. The first-order chi connectivity index (χ1) is 39.5. The molecule has 0 aromatic carbocycles. The van der Waals surface area contributed by atoms with Gasteiger partial charge in [0.15, 0.2) is 6.10 Å². The predicted molar refractivity (Wildman–Crippen MR) is 348 cm³/mol. The smallest absolute Gasteiger partial charge is 0.306 e. The lowest BCUT2D eigenvalue weighted by molar-refractivity contribution is -0.167. The van der Waals surface area contributed by atoms with Crippen LogP contribution in [-0.2, 0) is 28.6 Å². The highest BCUT2D eigenvalue weighted by molar-refractivity contribution is 5.71. The minimum atomic E-state index is -0.775. The van der Waals surface area contributed by atoms with Crippen LogP contribution in [-0.4, -0.2) is 37.2 Å². The van der Waals surface area contributed by atoms with Gasteiger partial charge < -0.3 is 14.2 Å². The maximum Gasteiger partial charge on any atom is 0.306 e. The minimum Gasteiger partial charge on any atom is -0.462 e. The quantitative estimate of drug-likeness (QED) is 0.0261. The van der Waals surface area contributed by atoms with E-state index in [2.05, 4.69) is 106 Å². The van der Waals surface area contributed by atoms with Gasteiger partial charge in [-0.3, -0.25) is 14.4 Å². The summed E-state index contributed by atoms with van der Waals surface area (Å²) in [5.74, 6) is -0.872. The summed E-state index contributed by atoms with van der Waals surface area (Å²) in [6.45, 7) is 6.49. The highest BCUT2D eigenvalue weighted by Gasteiger charge is 2.19. The Morgan fingerprint density at radius 1 is 0.263 bits per heavy atom. The van der Waals surface area contributed by atoms with E-state index in [0.29, 0.717) is 19.3 Å². The van der Waals surface area contributed by atoms with Gasteiger partial charge in [-0.2, -0.15) is 0 Å². The Labute approximate surface area is 496 Å². The molecule has 0 aromatic heterocycles. The number of hydrogen-bond acceptors (Lipinski definition) is 6. The molecule has 1 atom stereocenters. The molecule has 0 fully saturated rings. The Kier molecular flexibility index (Phi) is 65.2. The summed E-state index contributed by atoms with van der Waals surface area (Å²) < 4.78 is 16.8. The fourth-order valence-corrected chi connectivity index (χ4v) is 9.97. The second kappa shape index (κ2) is 68.1. The molecule has 0 radical (unpaired) electrons. The van der Waals surface area contributed by atoms with E-state index < -0.39 is 6.10 Å². The molecular formula is C74H130O6. The van der Waals surface area contributed by atoms with Crippen LogP contribution in [0.1, 0.15) is 348 Å². The van der Waals surface area contributed by atoms with Crippen molar-refractivity contribution in [1.82, 2.24) is 0 Å². The lowest BCUT2D eigenvalue weighted by Gasteiger charge is -2.18. The first-order valence-electron chi connectivity index (χ1n) is 34.6. The van der Waals surface area contributed by atoms with Crippen molar-refractivity contribution in [1.29, 1.82) is 0 Å². The number of rotatable bonds is 63. The van der Waals surface area contributed by atoms with Gasteiger partial charge >= 0.3 is 17.9 Å². The molecule has 0 bridgehead atoms. The zero-order valence-corrected chi connectivity index (χ0v) is 53.1. The van der Waals surface area contributed by atoms with Crippen LogP contribution in [0.4, 0.5) is 0 Å². The van der Waals surface area contributed by atoms with Gasteiger partial charge in [-0.05, 0) is 96.3 Å². The lowest BCUT2D eigenvalue weighted by Crippen LogP contribution is -2.30. The topological polar surface area (TPSA) is 78.9 Å². The molecule has 0 rings (SSSR count). The molecule has 0 aromatic rings.